The number of rotatable bonds is 9. The Morgan fingerprint density at radius 2 is 1.88 bits per heavy atom. The van der Waals surface area contributed by atoms with Crippen molar-refractivity contribution < 1.29 is 5.11 Å². The minimum atomic E-state index is -0.0397. The predicted molar refractivity (Wildman–Crippen MR) is 68.6 cm³/mol. The van der Waals surface area contributed by atoms with Gasteiger partial charge in [0.15, 0.2) is 0 Å². The highest BCUT2D eigenvalue weighted by Crippen LogP contribution is 2.40. The van der Waals surface area contributed by atoms with E-state index in [0.29, 0.717) is 5.92 Å². The number of hydrogen-bond acceptors (Lipinski definition) is 3. The Labute approximate surface area is 100 Å². The van der Waals surface area contributed by atoms with Gasteiger partial charge in [0.2, 0.25) is 0 Å². The van der Waals surface area contributed by atoms with Gasteiger partial charge in [-0.25, -0.2) is 0 Å². The van der Waals surface area contributed by atoms with Crippen molar-refractivity contribution in [2.24, 2.45) is 5.92 Å². The number of hydrogen-bond donors (Lipinski definition) is 2. The van der Waals surface area contributed by atoms with Gasteiger partial charge in [0.25, 0.3) is 0 Å². The second kappa shape index (κ2) is 6.58. The largest absolute Gasteiger partial charge is 0.394 e. The van der Waals surface area contributed by atoms with Gasteiger partial charge in [-0.3, -0.25) is 0 Å². The highest BCUT2D eigenvalue weighted by Gasteiger charge is 2.44. The summed E-state index contributed by atoms with van der Waals surface area (Å²) in [7, 11) is 0. The summed E-state index contributed by atoms with van der Waals surface area (Å²) in [6.07, 6.45) is 3.68. The molecule has 0 bridgehead atoms. The van der Waals surface area contributed by atoms with E-state index in [1.165, 1.54) is 12.8 Å². The minimum Gasteiger partial charge on any atom is -0.394 e. The molecule has 0 aliphatic heterocycles. The summed E-state index contributed by atoms with van der Waals surface area (Å²) >= 11 is 0. The van der Waals surface area contributed by atoms with Crippen LogP contribution in [0.15, 0.2) is 0 Å². The highest BCUT2D eigenvalue weighted by molar-refractivity contribution is 5.02. The summed E-state index contributed by atoms with van der Waals surface area (Å²) in [5.41, 5.74) is -0.0397. The molecular formula is C13H28N2O. The molecule has 0 aromatic carbocycles. The maximum atomic E-state index is 9.76. The fourth-order valence-corrected chi connectivity index (χ4v) is 2.42. The normalized spacial score (nSPS) is 20.1. The molecule has 2 N–H and O–H groups in total. The lowest BCUT2D eigenvalue weighted by atomic mass is 9.93. The van der Waals surface area contributed by atoms with Crippen LogP contribution in [0.3, 0.4) is 0 Å². The monoisotopic (exact) mass is 228 g/mol. The molecule has 1 fully saturated rings. The smallest absolute Gasteiger partial charge is 0.0628 e. The number of nitrogens with zero attached hydrogens (tertiary/aromatic N) is 1. The fraction of sp³-hybridized carbons (Fsp3) is 1.00. The van der Waals surface area contributed by atoms with Crippen LogP contribution in [-0.4, -0.2) is 48.3 Å². The lowest BCUT2D eigenvalue weighted by Gasteiger charge is -2.38. The van der Waals surface area contributed by atoms with Crippen LogP contribution in [0.5, 0.6) is 0 Å². The Morgan fingerprint density at radius 1 is 1.25 bits per heavy atom. The van der Waals surface area contributed by atoms with Gasteiger partial charge < -0.3 is 15.3 Å². The van der Waals surface area contributed by atoms with Gasteiger partial charge in [-0.15, -0.1) is 0 Å². The Kier molecular flexibility index (Phi) is 5.73. The van der Waals surface area contributed by atoms with Crippen LogP contribution < -0.4 is 5.32 Å². The molecule has 1 rings (SSSR count). The Hall–Kier alpha value is -0.120. The van der Waals surface area contributed by atoms with Crippen molar-refractivity contribution in [1.29, 1.82) is 0 Å². The number of nitrogens with one attached hydrogen (secondary N) is 1. The molecule has 16 heavy (non-hydrogen) atoms. The average Bonchev–Trinajstić information content (AvgIpc) is 3.15. The zero-order valence-corrected chi connectivity index (χ0v) is 11.1. The Bertz CT molecular complexity index is 190. The van der Waals surface area contributed by atoms with Crippen LogP contribution in [0, 0.1) is 5.92 Å². The molecule has 0 aromatic heterocycles. The molecule has 96 valence electrons. The van der Waals surface area contributed by atoms with Gasteiger partial charge in [0.05, 0.1) is 12.1 Å². The lowest BCUT2D eigenvalue weighted by molar-refractivity contribution is 0.0949. The molecule has 1 saturated carbocycles. The average molecular weight is 228 g/mol. The molecule has 0 aromatic rings. The summed E-state index contributed by atoms with van der Waals surface area (Å²) in [6, 6.07) is 0. The molecule has 0 spiro atoms. The van der Waals surface area contributed by atoms with Crippen LogP contribution in [0.25, 0.3) is 0 Å². The second-order valence-corrected chi connectivity index (χ2v) is 4.98. The molecule has 1 unspecified atom stereocenters. The first-order valence-corrected chi connectivity index (χ1v) is 6.80. The number of likely N-dealkylation sites (N-methyl/N-ethyl adjacent to an activating group) is 1. The van der Waals surface area contributed by atoms with Gasteiger partial charge in [0, 0.05) is 6.54 Å². The quantitative estimate of drug-likeness (QED) is 0.627. The molecule has 0 radical (unpaired) electrons. The van der Waals surface area contributed by atoms with Crippen molar-refractivity contribution in [1.82, 2.24) is 10.2 Å². The van der Waals surface area contributed by atoms with E-state index in [1.54, 1.807) is 0 Å². The van der Waals surface area contributed by atoms with Crippen LogP contribution in [0.2, 0.25) is 0 Å². The van der Waals surface area contributed by atoms with Crippen molar-refractivity contribution in [3.05, 3.63) is 0 Å². The van der Waals surface area contributed by atoms with Crippen molar-refractivity contribution >= 4 is 0 Å². The zero-order chi connectivity index (χ0) is 12.0. The number of aliphatic hydroxyl groups is 1. The van der Waals surface area contributed by atoms with E-state index in [-0.39, 0.29) is 12.1 Å². The maximum absolute atomic E-state index is 9.76. The van der Waals surface area contributed by atoms with Gasteiger partial charge in [-0.1, -0.05) is 20.8 Å². The molecule has 1 atom stereocenters. The third-order valence-corrected chi connectivity index (χ3v) is 3.77. The van der Waals surface area contributed by atoms with Crippen molar-refractivity contribution in [3.63, 3.8) is 0 Å². The second-order valence-electron chi connectivity index (χ2n) is 4.98. The SMILES string of the molecule is CCCNC(CO)(CN(CC)CC)C1CC1. The van der Waals surface area contributed by atoms with E-state index in [9.17, 15) is 5.11 Å². The van der Waals surface area contributed by atoms with Crippen molar-refractivity contribution in [2.75, 3.05) is 32.8 Å². The van der Waals surface area contributed by atoms with E-state index < -0.39 is 0 Å². The molecular weight excluding hydrogens is 200 g/mol. The highest BCUT2D eigenvalue weighted by atomic mass is 16.3. The van der Waals surface area contributed by atoms with Crippen LogP contribution in [0.1, 0.15) is 40.0 Å². The molecule has 1 aliphatic carbocycles. The molecule has 3 nitrogen and oxygen atoms in total. The molecule has 0 amide bonds. The molecule has 1 aliphatic rings. The minimum absolute atomic E-state index is 0.0397. The van der Waals surface area contributed by atoms with Crippen LogP contribution in [0.4, 0.5) is 0 Å². The van der Waals surface area contributed by atoms with Gasteiger partial charge in [-0.2, -0.15) is 0 Å². The molecule has 3 heteroatoms. The van der Waals surface area contributed by atoms with Crippen LogP contribution in [-0.2, 0) is 0 Å². The van der Waals surface area contributed by atoms with Crippen molar-refractivity contribution in [3.8, 4) is 0 Å². The summed E-state index contributed by atoms with van der Waals surface area (Å²) < 4.78 is 0. The van der Waals surface area contributed by atoms with E-state index in [1.807, 2.05) is 0 Å². The molecule has 0 heterocycles. The van der Waals surface area contributed by atoms with E-state index in [4.69, 9.17) is 0 Å². The Balaban J connectivity index is 2.60. The first-order valence-electron chi connectivity index (χ1n) is 6.80. The zero-order valence-electron chi connectivity index (χ0n) is 11.1. The first-order chi connectivity index (χ1) is 7.72. The maximum Gasteiger partial charge on any atom is 0.0628 e. The predicted octanol–water partition coefficient (Wildman–Crippen LogP) is 1.47. The standard InChI is InChI=1S/C13H28N2O/c1-4-9-14-13(11-16,12-7-8-12)10-15(5-2)6-3/h12,14,16H,4-11H2,1-3H3. The summed E-state index contributed by atoms with van der Waals surface area (Å²) in [4.78, 5) is 2.41. The first kappa shape index (κ1) is 13.9. The third-order valence-electron chi connectivity index (χ3n) is 3.77. The fourth-order valence-electron chi connectivity index (χ4n) is 2.42. The van der Waals surface area contributed by atoms with E-state index in [0.717, 1.165) is 32.6 Å². The van der Waals surface area contributed by atoms with Gasteiger partial charge in [-0.05, 0) is 44.8 Å². The third kappa shape index (κ3) is 3.44. The summed E-state index contributed by atoms with van der Waals surface area (Å²) in [5.74, 6) is 0.685. The van der Waals surface area contributed by atoms with E-state index in [2.05, 4.69) is 31.0 Å². The van der Waals surface area contributed by atoms with Crippen LogP contribution >= 0.6 is 0 Å². The summed E-state index contributed by atoms with van der Waals surface area (Å²) in [6.45, 7) is 11.0. The van der Waals surface area contributed by atoms with Crippen molar-refractivity contribution in [2.45, 2.75) is 45.6 Å². The number of aliphatic hydroxyl groups excluding tert-OH is 1. The van der Waals surface area contributed by atoms with E-state index >= 15 is 0 Å². The van der Waals surface area contributed by atoms with Gasteiger partial charge in [0.1, 0.15) is 0 Å². The topological polar surface area (TPSA) is 35.5 Å². The molecule has 0 saturated heterocycles. The summed E-state index contributed by atoms with van der Waals surface area (Å²) in [5, 5.41) is 13.4. The lowest BCUT2D eigenvalue weighted by Crippen LogP contribution is -2.58. The Morgan fingerprint density at radius 3 is 2.25 bits per heavy atom. The van der Waals surface area contributed by atoms with Gasteiger partial charge >= 0.3 is 0 Å².